The van der Waals surface area contributed by atoms with Gasteiger partial charge in [0.05, 0.1) is 20.3 Å². The minimum Gasteiger partial charge on any atom is -0.497 e. The van der Waals surface area contributed by atoms with Crippen molar-refractivity contribution in [3.05, 3.63) is 29.8 Å². The molecule has 1 N–H and O–H groups in total. The molecule has 3 rings (SSSR count). The van der Waals surface area contributed by atoms with Crippen molar-refractivity contribution in [2.75, 3.05) is 40.0 Å². The fourth-order valence-electron chi connectivity index (χ4n) is 3.70. The van der Waals surface area contributed by atoms with E-state index in [4.69, 9.17) is 14.2 Å². The lowest BCUT2D eigenvalue weighted by Gasteiger charge is -2.40. The maximum atomic E-state index is 12.9. The average molecular weight is 390 g/mol. The summed E-state index contributed by atoms with van der Waals surface area (Å²) in [4.78, 5) is 27.4. The van der Waals surface area contributed by atoms with Gasteiger partial charge in [-0.3, -0.25) is 9.59 Å². The first-order valence-electron chi connectivity index (χ1n) is 9.85. The number of likely N-dealkylation sites (tertiary alicyclic amines) is 1. The zero-order valence-electron chi connectivity index (χ0n) is 17.0. The Balaban J connectivity index is 1.49. The van der Waals surface area contributed by atoms with Crippen molar-refractivity contribution in [3.8, 4) is 5.75 Å². The minimum atomic E-state index is -1.11. The maximum Gasteiger partial charge on any atom is 0.237 e. The lowest BCUT2D eigenvalue weighted by atomic mass is 9.89. The number of carbonyl (C=O) groups excluding carboxylic acids is 2. The molecule has 0 radical (unpaired) electrons. The van der Waals surface area contributed by atoms with Crippen LogP contribution in [-0.2, 0) is 25.5 Å². The summed E-state index contributed by atoms with van der Waals surface area (Å²) in [6.45, 7) is 6.13. The van der Waals surface area contributed by atoms with E-state index in [0.29, 0.717) is 52.1 Å². The van der Waals surface area contributed by atoms with Gasteiger partial charge in [0.2, 0.25) is 11.8 Å². The normalized spacial score (nSPS) is 18.9. The van der Waals surface area contributed by atoms with Gasteiger partial charge in [-0.2, -0.15) is 0 Å². The van der Waals surface area contributed by atoms with Crippen molar-refractivity contribution in [1.82, 2.24) is 10.2 Å². The second-order valence-corrected chi connectivity index (χ2v) is 7.88. The molecule has 0 bridgehead atoms. The van der Waals surface area contributed by atoms with Crippen LogP contribution in [0.15, 0.2) is 24.3 Å². The van der Waals surface area contributed by atoms with Crippen molar-refractivity contribution in [2.24, 2.45) is 5.41 Å². The first-order valence-corrected chi connectivity index (χ1v) is 9.85. The zero-order chi connectivity index (χ0) is 20.2. The van der Waals surface area contributed by atoms with Gasteiger partial charge in [0, 0.05) is 32.5 Å². The molecule has 1 aromatic rings. The molecular formula is C21H30N2O5. The number of ether oxygens (including phenoxy) is 3. The lowest BCUT2D eigenvalue weighted by Crippen LogP contribution is -2.54. The number of methoxy groups -OCH3 is 1. The Labute approximate surface area is 166 Å². The van der Waals surface area contributed by atoms with Crippen LogP contribution in [0.4, 0.5) is 0 Å². The molecule has 2 amide bonds. The van der Waals surface area contributed by atoms with Gasteiger partial charge in [-0.1, -0.05) is 12.1 Å². The Kier molecular flexibility index (Phi) is 6.25. The molecule has 7 heteroatoms. The predicted octanol–water partition coefficient (Wildman–Crippen LogP) is 1.75. The van der Waals surface area contributed by atoms with Crippen LogP contribution < -0.4 is 10.1 Å². The number of nitrogens with one attached hydrogen (secondary N) is 1. The van der Waals surface area contributed by atoms with Gasteiger partial charge >= 0.3 is 0 Å². The first-order chi connectivity index (χ1) is 13.4. The number of rotatable bonds is 6. The standard InChI is InChI=1S/C21H30N2O5/c1-20(2,18(24)22-10-7-16-5-4-6-17(15-16)26-3)19(25)23-11-8-21(9-12-23)27-13-14-28-21/h4-6,15H,7-14H2,1-3H3,(H,22,24). The van der Waals surface area contributed by atoms with Gasteiger partial charge in [-0.25, -0.2) is 0 Å². The number of nitrogens with zero attached hydrogens (tertiary/aromatic N) is 1. The Morgan fingerprint density at radius 1 is 1.21 bits per heavy atom. The number of carbonyl (C=O) groups is 2. The second-order valence-electron chi connectivity index (χ2n) is 7.88. The lowest BCUT2D eigenvalue weighted by molar-refractivity contribution is -0.189. The Morgan fingerprint density at radius 2 is 1.89 bits per heavy atom. The molecule has 154 valence electrons. The molecule has 2 saturated heterocycles. The molecule has 2 fully saturated rings. The summed E-state index contributed by atoms with van der Waals surface area (Å²) in [7, 11) is 1.63. The van der Waals surface area contributed by atoms with E-state index in [9.17, 15) is 9.59 Å². The Bertz CT molecular complexity index is 703. The van der Waals surface area contributed by atoms with Crippen LogP contribution in [0.1, 0.15) is 32.3 Å². The fraction of sp³-hybridized carbons (Fsp3) is 0.619. The largest absolute Gasteiger partial charge is 0.497 e. The van der Waals surface area contributed by atoms with E-state index in [1.165, 1.54) is 0 Å². The second kappa shape index (κ2) is 8.49. The summed E-state index contributed by atoms with van der Waals surface area (Å²) < 4.78 is 16.6. The summed E-state index contributed by atoms with van der Waals surface area (Å²) in [5, 5.41) is 2.90. The SMILES string of the molecule is COc1cccc(CCNC(=O)C(C)(C)C(=O)N2CCC3(CC2)OCCO3)c1. The molecule has 2 aliphatic heterocycles. The highest BCUT2D eigenvalue weighted by molar-refractivity contribution is 6.04. The summed E-state index contributed by atoms with van der Waals surface area (Å²) in [6.07, 6.45) is 1.96. The third-order valence-electron chi connectivity index (χ3n) is 5.56. The van der Waals surface area contributed by atoms with Crippen molar-refractivity contribution < 1.29 is 23.8 Å². The van der Waals surface area contributed by atoms with Crippen molar-refractivity contribution >= 4 is 11.8 Å². The molecule has 0 unspecified atom stereocenters. The predicted molar refractivity (Wildman–Crippen MR) is 104 cm³/mol. The van der Waals surface area contributed by atoms with Crippen molar-refractivity contribution in [1.29, 1.82) is 0 Å². The summed E-state index contributed by atoms with van der Waals surface area (Å²) in [6, 6.07) is 7.74. The third-order valence-corrected chi connectivity index (χ3v) is 5.56. The summed E-state index contributed by atoms with van der Waals surface area (Å²) in [5.41, 5.74) is -0.0438. The van der Waals surface area contributed by atoms with Gasteiger partial charge in [0.1, 0.15) is 11.2 Å². The Morgan fingerprint density at radius 3 is 2.54 bits per heavy atom. The molecule has 0 aliphatic carbocycles. The number of benzene rings is 1. The number of piperidine rings is 1. The summed E-state index contributed by atoms with van der Waals surface area (Å²) in [5.74, 6) is -0.148. The fourth-order valence-corrected chi connectivity index (χ4v) is 3.70. The molecular weight excluding hydrogens is 360 g/mol. The van der Waals surface area contributed by atoms with Crippen molar-refractivity contribution in [3.63, 3.8) is 0 Å². The van der Waals surface area contributed by atoms with Crippen LogP contribution in [-0.4, -0.2) is 62.5 Å². The molecule has 1 spiro atoms. The van der Waals surface area contributed by atoms with Crippen LogP contribution in [0.3, 0.4) is 0 Å². The van der Waals surface area contributed by atoms with Crippen LogP contribution >= 0.6 is 0 Å². The highest BCUT2D eigenvalue weighted by atomic mass is 16.7. The number of hydrogen-bond acceptors (Lipinski definition) is 5. The number of hydrogen-bond donors (Lipinski definition) is 1. The maximum absolute atomic E-state index is 12.9. The minimum absolute atomic E-state index is 0.153. The summed E-state index contributed by atoms with van der Waals surface area (Å²) >= 11 is 0. The molecule has 1 aromatic carbocycles. The van der Waals surface area contributed by atoms with Crippen molar-refractivity contribution in [2.45, 2.75) is 38.9 Å². The highest BCUT2D eigenvalue weighted by Gasteiger charge is 2.45. The van der Waals surface area contributed by atoms with Crippen LogP contribution in [0, 0.1) is 5.41 Å². The molecule has 7 nitrogen and oxygen atoms in total. The van der Waals surface area contributed by atoms with E-state index in [-0.39, 0.29) is 11.8 Å². The van der Waals surface area contributed by atoms with Crippen LogP contribution in [0.25, 0.3) is 0 Å². The zero-order valence-corrected chi connectivity index (χ0v) is 17.0. The first kappa shape index (κ1) is 20.6. The number of amides is 2. The van der Waals surface area contributed by atoms with E-state index in [1.807, 2.05) is 24.3 Å². The Hall–Kier alpha value is -2.12. The van der Waals surface area contributed by atoms with Crippen LogP contribution in [0.5, 0.6) is 5.75 Å². The van der Waals surface area contributed by atoms with E-state index in [1.54, 1.807) is 25.9 Å². The third kappa shape index (κ3) is 4.47. The van der Waals surface area contributed by atoms with Gasteiger partial charge in [-0.05, 0) is 38.0 Å². The smallest absolute Gasteiger partial charge is 0.237 e. The van der Waals surface area contributed by atoms with Crippen LogP contribution in [0.2, 0.25) is 0 Å². The van der Waals surface area contributed by atoms with E-state index in [2.05, 4.69) is 5.32 Å². The van der Waals surface area contributed by atoms with E-state index < -0.39 is 11.2 Å². The molecule has 0 aromatic heterocycles. The molecule has 28 heavy (non-hydrogen) atoms. The van der Waals surface area contributed by atoms with Gasteiger partial charge in [-0.15, -0.1) is 0 Å². The molecule has 2 heterocycles. The molecule has 0 saturated carbocycles. The van der Waals surface area contributed by atoms with E-state index >= 15 is 0 Å². The highest BCUT2D eigenvalue weighted by Crippen LogP contribution is 2.33. The molecule has 0 atom stereocenters. The quantitative estimate of drug-likeness (QED) is 0.749. The average Bonchev–Trinajstić information content (AvgIpc) is 3.16. The monoisotopic (exact) mass is 390 g/mol. The van der Waals surface area contributed by atoms with Gasteiger partial charge in [0.25, 0.3) is 0 Å². The van der Waals surface area contributed by atoms with Gasteiger partial charge < -0.3 is 24.4 Å². The molecule has 2 aliphatic rings. The topological polar surface area (TPSA) is 77.1 Å². The van der Waals surface area contributed by atoms with Gasteiger partial charge in [0.15, 0.2) is 5.79 Å². The van der Waals surface area contributed by atoms with E-state index in [0.717, 1.165) is 11.3 Å².